The fraction of sp³-hybridized carbons (Fsp3) is 1.00. The first-order valence-electron chi connectivity index (χ1n) is 4.28. The van der Waals surface area contributed by atoms with Gasteiger partial charge in [-0.2, -0.15) is 0 Å². The molecule has 0 N–H and O–H groups in total. The summed E-state index contributed by atoms with van der Waals surface area (Å²) in [5.74, 6) is 0. The minimum absolute atomic E-state index is 0.160. The number of hydrogen-bond donors (Lipinski definition) is 0. The van der Waals surface area contributed by atoms with Gasteiger partial charge in [-0.3, -0.25) is 0 Å². The zero-order chi connectivity index (χ0) is 12.3. The molecule has 0 heterocycles. The van der Waals surface area contributed by atoms with E-state index in [9.17, 15) is 0 Å². The molecule has 7 heteroatoms. The molecule has 0 fully saturated rings. The molecule has 0 aromatic heterocycles. The average molecular weight is 604 g/mol. The predicted molar refractivity (Wildman–Crippen MR) is 88.3 cm³/mol. The second kappa shape index (κ2) is 7.43. The zero-order valence-corrected chi connectivity index (χ0v) is 17.8. The van der Waals surface area contributed by atoms with E-state index in [1.165, 1.54) is 0 Å². The topological polar surface area (TPSA) is 9.23 Å². The van der Waals surface area contributed by atoms with Gasteiger partial charge in [0.05, 0.1) is 12.2 Å². The maximum atomic E-state index is 5.82. The molecule has 0 saturated carbocycles. The third kappa shape index (κ3) is 13.1. The lowest BCUT2D eigenvalue weighted by Gasteiger charge is -2.25. The van der Waals surface area contributed by atoms with Crippen LogP contribution in [0.4, 0.5) is 0 Å². The number of ether oxygens (including phenoxy) is 1. The molecular formula is C8H12Br6O. The third-order valence-corrected chi connectivity index (χ3v) is 3.44. The molecule has 0 saturated heterocycles. The van der Waals surface area contributed by atoms with Gasteiger partial charge in [-0.25, -0.2) is 0 Å². The molecule has 0 spiro atoms. The Morgan fingerprint density at radius 3 is 1.27 bits per heavy atom. The van der Waals surface area contributed by atoms with Gasteiger partial charge in [0, 0.05) is 12.8 Å². The largest absolute Gasteiger partial charge is 0.375 e. The number of rotatable bonds is 4. The first-order chi connectivity index (χ1) is 6.49. The van der Waals surface area contributed by atoms with Crippen LogP contribution in [0.1, 0.15) is 26.7 Å². The van der Waals surface area contributed by atoms with E-state index in [0.717, 1.165) is 12.8 Å². The highest BCUT2D eigenvalue weighted by molar-refractivity contribution is 9.39. The Bertz CT molecular complexity index is 165. The van der Waals surface area contributed by atoms with Crippen molar-refractivity contribution in [3.63, 3.8) is 0 Å². The third-order valence-electron chi connectivity index (χ3n) is 1.50. The van der Waals surface area contributed by atoms with E-state index in [1.54, 1.807) is 0 Å². The molecule has 0 aromatic carbocycles. The Morgan fingerprint density at radius 1 is 0.800 bits per heavy atom. The van der Waals surface area contributed by atoms with Gasteiger partial charge in [0.2, 0.25) is 0 Å². The Morgan fingerprint density at radius 2 is 1.07 bits per heavy atom. The molecule has 0 aliphatic heterocycles. The fourth-order valence-electron chi connectivity index (χ4n) is 1.14. The lowest BCUT2D eigenvalue weighted by molar-refractivity contribution is 0.00385. The number of hydrogen-bond acceptors (Lipinski definition) is 1. The molecule has 0 aliphatic rings. The van der Waals surface area contributed by atoms with Crippen molar-refractivity contribution in [1.82, 2.24) is 0 Å². The van der Waals surface area contributed by atoms with Crippen molar-refractivity contribution in [1.29, 1.82) is 0 Å². The maximum Gasteiger partial charge on any atom is 0.137 e. The van der Waals surface area contributed by atoms with Crippen molar-refractivity contribution in [2.75, 3.05) is 0 Å². The van der Waals surface area contributed by atoms with E-state index < -0.39 is 0 Å². The molecule has 92 valence electrons. The Balaban J connectivity index is 3.92. The molecule has 1 nitrogen and oxygen atoms in total. The fourth-order valence-corrected chi connectivity index (χ4v) is 3.88. The molecule has 0 rings (SSSR count). The lowest BCUT2D eigenvalue weighted by atomic mass is 10.2. The van der Waals surface area contributed by atoms with E-state index in [0.29, 0.717) is 0 Å². The van der Waals surface area contributed by atoms with Crippen LogP contribution < -0.4 is 0 Å². The van der Waals surface area contributed by atoms with Crippen molar-refractivity contribution in [2.24, 2.45) is 0 Å². The van der Waals surface area contributed by atoms with Gasteiger partial charge >= 0.3 is 0 Å². The summed E-state index contributed by atoms with van der Waals surface area (Å²) in [5, 5.41) is 0. The summed E-state index contributed by atoms with van der Waals surface area (Å²) in [7, 11) is 0. The highest BCUT2D eigenvalue weighted by Gasteiger charge is 2.26. The molecule has 0 radical (unpaired) electrons. The molecular weight excluding hydrogens is 592 g/mol. The highest BCUT2D eigenvalue weighted by atomic mass is 80.0. The van der Waals surface area contributed by atoms with Crippen molar-refractivity contribution < 1.29 is 4.74 Å². The maximum absolute atomic E-state index is 5.82. The SMILES string of the molecule is CC(CC(Br)(Br)Br)OC(C)CC(Br)(Br)Br. The number of halogens is 6. The molecule has 2 unspecified atom stereocenters. The van der Waals surface area contributed by atoms with E-state index in [-0.39, 0.29) is 16.5 Å². The summed E-state index contributed by atoms with van der Waals surface area (Å²) in [6.07, 6.45) is 1.98. The smallest absolute Gasteiger partial charge is 0.137 e. The summed E-state index contributed by atoms with van der Waals surface area (Å²) in [6.45, 7) is 4.10. The Labute approximate surface area is 142 Å². The van der Waals surface area contributed by atoms with Crippen molar-refractivity contribution in [3.8, 4) is 0 Å². The van der Waals surface area contributed by atoms with Crippen LogP contribution in [-0.4, -0.2) is 16.5 Å². The average Bonchev–Trinajstić information content (AvgIpc) is 1.73. The van der Waals surface area contributed by atoms with Crippen molar-refractivity contribution >= 4 is 95.6 Å². The standard InChI is InChI=1S/C8H12Br6O/c1-5(3-7(9,10)11)15-6(2)4-8(12,13)14/h5-6H,3-4H2,1-2H3. The van der Waals surface area contributed by atoms with Crippen LogP contribution in [-0.2, 0) is 4.74 Å². The first kappa shape index (κ1) is 17.8. The normalized spacial score (nSPS) is 17.6. The van der Waals surface area contributed by atoms with Crippen molar-refractivity contribution in [2.45, 2.75) is 43.2 Å². The van der Waals surface area contributed by atoms with Crippen LogP contribution in [0.5, 0.6) is 0 Å². The van der Waals surface area contributed by atoms with Crippen LogP contribution in [0.15, 0.2) is 0 Å². The second-order valence-electron chi connectivity index (χ2n) is 3.40. The van der Waals surface area contributed by atoms with Gasteiger partial charge in [-0.15, -0.1) is 0 Å². The molecule has 0 bridgehead atoms. The Hall–Kier alpha value is 2.84. The second-order valence-corrected chi connectivity index (χ2v) is 17.9. The van der Waals surface area contributed by atoms with Gasteiger partial charge in [-0.1, -0.05) is 95.6 Å². The summed E-state index contributed by atoms with van der Waals surface area (Å²) in [4.78, 5) is 0. The predicted octanol–water partition coefficient (Wildman–Crippen LogP) is 6.24. The van der Waals surface area contributed by atoms with Gasteiger partial charge in [0.25, 0.3) is 0 Å². The monoisotopic (exact) mass is 598 g/mol. The minimum Gasteiger partial charge on any atom is -0.375 e. The molecule has 0 aromatic rings. The van der Waals surface area contributed by atoms with Crippen LogP contribution in [0.25, 0.3) is 0 Å². The van der Waals surface area contributed by atoms with E-state index in [2.05, 4.69) is 95.6 Å². The van der Waals surface area contributed by atoms with Gasteiger partial charge < -0.3 is 4.74 Å². The first-order valence-corrected chi connectivity index (χ1v) is 9.04. The van der Waals surface area contributed by atoms with Crippen molar-refractivity contribution in [3.05, 3.63) is 0 Å². The quantitative estimate of drug-likeness (QED) is 0.346. The van der Waals surface area contributed by atoms with Gasteiger partial charge in [-0.05, 0) is 13.8 Å². The van der Waals surface area contributed by atoms with Crippen LogP contribution in [0, 0.1) is 0 Å². The van der Waals surface area contributed by atoms with Gasteiger partial charge in [0.1, 0.15) is 4.29 Å². The summed E-state index contributed by atoms with van der Waals surface area (Å²) >= 11 is 20.7. The van der Waals surface area contributed by atoms with Crippen LogP contribution in [0.3, 0.4) is 0 Å². The number of alkyl halides is 6. The zero-order valence-electron chi connectivity index (χ0n) is 8.24. The van der Waals surface area contributed by atoms with E-state index >= 15 is 0 Å². The Kier molecular flexibility index (Phi) is 8.84. The molecule has 2 atom stereocenters. The highest BCUT2D eigenvalue weighted by Crippen LogP contribution is 2.41. The summed E-state index contributed by atoms with van der Waals surface area (Å²) in [6, 6.07) is 0. The lowest BCUT2D eigenvalue weighted by Crippen LogP contribution is -2.24. The molecule has 0 amide bonds. The minimum atomic E-state index is -0.236. The van der Waals surface area contributed by atoms with Crippen LogP contribution in [0.2, 0.25) is 0 Å². The van der Waals surface area contributed by atoms with Gasteiger partial charge in [0.15, 0.2) is 0 Å². The molecule has 15 heavy (non-hydrogen) atoms. The van der Waals surface area contributed by atoms with E-state index in [4.69, 9.17) is 4.74 Å². The van der Waals surface area contributed by atoms with E-state index in [1.807, 2.05) is 13.8 Å². The van der Waals surface area contributed by atoms with Crippen LogP contribution >= 0.6 is 95.6 Å². The summed E-state index contributed by atoms with van der Waals surface area (Å²) < 4.78 is 5.35. The summed E-state index contributed by atoms with van der Waals surface area (Å²) in [5.41, 5.74) is 0. The molecule has 0 aliphatic carbocycles.